The molecule has 1 saturated heterocycles. The van der Waals surface area contributed by atoms with E-state index in [4.69, 9.17) is 15.6 Å². The zero-order chi connectivity index (χ0) is 11.8. The van der Waals surface area contributed by atoms with Crippen molar-refractivity contribution in [1.82, 2.24) is 20.0 Å². The van der Waals surface area contributed by atoms with Crippen LogP contribution in [0.3, 0.4) is 0 Å². The van der Waals surface area contributed by atoms with Crippen molar-refractivity contribution in [2.45, 2.75) is 18.6 Å². The summed E-state index contributed by atoms with van der Waals surface area (Å²) in [4.78, 5) is 5.58. The molecule has 7 heteroatoms. The van der Waals surface area contributed by atoms with Crippen LogP contribution >= 0.6 is 0 Å². The highest BCUT2D eigenvalue weighted by Crippen LogP contribution is 2.24. The molecular formula is C10H13N5O2. The first-order chi connectivity index (χ1) is 8.28. The topological polar surface area (TPSA) is 99.1 Å². The van der Waals surface area contributed by atoms with Crippen molar-refractivity contribution in [2.24, 2.45) is 0 Å². The van der Waals surface area contributed by atoms with E-state index in [-0.39, 0.29) is 18.8 Å². The SMILES string of the molecule is Nc1nccc2nn([C@H]3CO[C@@H](CO)C3)nc12. The molecule has 0 aromatic carbocycles. The molecule has 0 unspecified atom stereocenters. The standard InChI is InChI=1S/C10H13N5O2/c11-10-9-8(1-2-12-10)13-15(14-9)6-3-7(4-16)17-5-6/h1-2,6-7,16H,3-5H2,(H2,11,12)/t6-,7-/m1/s1. The Bertz CT molecular complexity index is 540. The quantitative estimate of drug-likeness (QED) is 0.743. The van der Waals surface area contributed by atoms with Gasteiger partial charge < -0.3 is 15.6 Å². The van der Waals surface area contributed by atoms with Gasteiger partial charge in [-0.2, -0.15) is 9.90 Å². The molecule has 0 spiro atoms. The van der Waals surface area contributed by atoms with Crippen molar-refractivity contribution in [3.63, 3.8) is 0 Å². The van der Waals surface area contributed by atoms with E-state index in [1.165, 1.54) is 0 Å². The first-order valence-electron chi connectivity index (χ1n) is 5.47. The summed E-state index contributed by atoms with van der Waals surface area (Å²) in [6.07, 6.45) is 2.20. The fourth-order valence-corrected chi connectivity index (χ4v) is 2.02. The second-order valence-corrected chi connectivity index (χ2v) is 4.11. The summed E-state index contributed by atoms with van der Waals surface area (Å²) < 4.78 is 5.40. The van der Waals surface area contributed by atoms with Crippen LogP contribution in [0, 0.1) is 0 Å². The molecular weight excluding hydrogens is 222 g/mol. The monoisotopic (exact) mass is 235 g/mol. The van der Waals surface area contributed by atoms with Crippen LogP contribution in [0.15, 0.2) is 12.3 Å². The van der Waals surface area contributed by atoms with Crippen LogP contribution in [-0.2, 0) is 4.74 Å². The summed E-state index contributed by atoms with van der Waals surface area (Å²) >= 11 is 0. The summed E-state index contributed by atoms with van der Waals surface area (Å²) in [7, 11) is 0. The molecule has 3 rings (SSSR count). The van der Waals surface area contributed by atoms with Crippen LogP contribution in [0.2, 0.25) is 0 Å². The van der Waals surface area contributed by atoms with Gasteiger partial charge in [-0.25, -0.2) is 4.98 Å². The van der Waals surface area contributed by atoms with Gasteiger partial charge in [0.15, 0.2) is 11.3 Å². The number of fused-ring (bicyclic) bond motifs is 1. The Morgan fingerprint density at radius 3 is 3.12 bits per heavy atom. The molecule has 3 N–H and O–H groups in total. The van der Waals surface area contributed by atoms with E-state index in [0.29, 0.717) is 24.4 Å². The molecule has 2 aromatic heterocycles. The molecule has 0 amide bonds. The number of pyridine rings is 1. The smallest absolute Gasteiger partial charge is 0.155 e. The number of hydrogen-bond donors (Lipinski definition) is 2. The largest absolute Gasteiger partial charge is 0.394 e. The molecule has 3 heterocycles. The van der Waals surface area contributed by atoms with Gasteiger partial charge in [0, 0.05) is 12.6 Å². The number of anilines is 1. The molecule has 7 nitrogen and oxygen atoms in total. The number of rotatable bonds is 2. The maximum Gasteiger partial charge on any atom is 0.155 e. The van der Waals surface area contributed by atoms with Gasteiger partial charge in [0.05, 0.1) is 25.4 Å². The van der Waals surface area contributed by atoms with Crippen LogP contribution in [-0.4, -0.2) is 44.4 Å². The van der Waals surface area contributed by atoms with Gasteiger partial charge in [-0.1, -0.05) is 0 Å². The van der Waals surface area contributed by atoms with Gasteiger partial charge in [0.1, 0.15) is 5.52 Å². The predicted molar refractivity (Wildman–Crippen MR) is 60.2 cm³/mol. The third-order valence-electron chi connectivity index (χ3n) is 2.93. The molecule has 2 aromatic rings. The fraction of sp³-hybridized carbons (Fsp3) is 0.500. The minimum absolute atomic E-state index is 0.0288. The number of aromatic nitrogens is 4. The summed E-state index contributed by atoms with van der Waals surface area (Å²) in [5.41, 5.74) is 7.06. The van der Waals surface area contributed by atoms with Crippen molar-refractivity contribution >= 4 is 16.9 Å². The van der Waals surface area contributed by atoms with E-state index in [9.17, 15) is 0 Å². The van der Waals surface area contributed by atoms with Crippen LogP contribution in [0.5, 0.6) is 0 Å². The molecule has 1 fully saturated rings. The molecule has 2 atom stereocenters. The Balaban J connectivity index is 1.94. The van der Waals surface area contributed by atoms with Gasteiger partial charge in [0.2, 0.25) is 0 Å². The number of hydrogen-bond acceptors (Lipinski definition) is 6. The lowest BCUT2D eigenvalue weighted by Gasteiger charge is -2.05. The molecule has 1 aliphatic rings. The Morgan fingerprint density at radius 1 is 1.53 bits per heavy atom. The Hall–Kier alpha value is -1.73. The lowest BCUT2D eigenvalue weighted by atomic mass is 10.2. The number of nitrogens with zero attached hydrogens (tertiary/aromatic N) is 4. The van der Waals surface area contributed by atoms with E-state index in [1.807, 2.05) is 0 Å². The van der Waals surface area contributed by atoms with E-state index in [1.54, 1.807) is 17.1 Å². The van der Waals surface area contributed by atoms with E-state index in [0.717, 1.165) is 5.52 Å². The first-order valence-corrected chi connectivity index (χ1v) is 5.47. The second kappa shape index (κ2) is 3.94. The van der Waals surface area contributed by atoms with Gasteiger partial charge in [0.25, 0.3) is 0 Å². The highest BCUT2D eigenvalue weighted by molar-refractivity contribution is 5.83. The molecule has 0 bridgehead atoms. The van der Waals surface area contributed by atoms with Crippen LogP contribution < -0.4 is 5.73 Å². The van der Waals surface area contributed by atoms with Crippen molar-refractivity contribution in [3.05, 3.63) is 12.3 Å². The highest BCUT2D eigenvalue weighted by atomic mass is 16.5. The molecule has 0 aliphatic carbocycles. The van der Waals surface area contributed by atoms with Crippen molar-refractivity contribution in [1.29, 1.82) is 0 Å². The number of ether oxygens (including phenoxy) is 1. The van der Waals surface area contributed by atoms with Crippen molar-refractivity contribution in [2.75, 3.05) is 18.9 Å². The summed E-state index contributed by atoms with van der Waals surface area (Å²) in [6.45, 7) is 0.542. The second-order valence-electron chi connectivity index (χ2n) is 4.11. The third-order valence-corrected chi connectivity index (χ3v) is 2.93. The van der Waals surface area contributed by atoms with Crippen molar-refractivity contribution in [3.8, 4) is 0 Å². The molecule has 0 saturated carbocycles. The Morgan fingerprint density at radius 2 is 2.41 bits per heavy atom. The average Bonchev–Trinajstić information content (AvgIpc) is 2.95. The first kappa shape index (κ1) is 10.4. The maximum absolute atomic E-state index is 9.01. The van der Waals surface area contributed by atoms with Gasteiger partial charge in [-0.3, -0.25) is 0 Å². The van der Waals surface area contributed by atoms with E-state index in [2.05, 4.69) is 15.2 Å². The normalized spacial score (nSPS) is 24.5. The summed E-state index contributed by atoms with van der Waals surface area (Å²) in [6, 6.07) is 1.83. The molecule has 0 radical (unpaired) electrons. The minimum atomic E-state index is -0.121. The molecule has 90 valence electrons. The van der Waals surface area contributed by atoms with Gasteiger partial charge in [-0.15, -0.1) is 5.10 Å². The number of nitrogen functional groups attached to an aromatic ring is 1. The lowest BCUT2D eigenvalue weighted by Crippen LogP contribution is -2.13. The van der Waals surface area contributed by atoms with Gasteiger partial charge >= 0.3 is 0 Å². The van der Waals surface area contributed by atoms with Crippen LogP contribution in [0.25, 0.3) is 11.0 Å². The fourth-order valence-electron chi connectivity index (χ4n) is 2.02. The maximum atomic E-state index is 9.01. The Kier molecular flexibility index (Phi) is 2.41. The zero-order valence-corrected chi connectivity index (χ0v) is 9.15. The average molecular weight is 235 g/mol. The minimum Gasteiger partial charge on any atom is -0.394 e. The number of nitrogens with two attached hydrogens (primary N) is 1. The number of aliphatic hydroxyl groups excluding tert-OH is 1. The zero-order valence-electron chi connectivity index (χ0n) is 9.15. The van der Waals surface area contributed by atoms with E-state index >= 15 is 0 Å². The summed E-state index contributed by atoms with van der Waals surface area (Å²) in [5.74, 6) is 0.381. The van der Waals surface area contributed by atoms with Gasteiger partial charge in [-0.05, 0) is 6.07 Å². The molecule has 17 heavy (non-hydrogen) atoms. The van der Waals surface area contributed by atoms with Crippen LogP contribution in [0.4, 0.5) is 5.82 Å². The third kappa shape index (κ3) is 1.73. The molecule has 1 aliphatic heterocycles. The highest BCUT2D eigenvalue weighted by Gasteiger charge is 2.28. The van der Waals surface area contributed by atoms with E-state index < -0.39 is 0 Å². The summed E-state index contributed by atoms with van der Waals surface area (Å²) in [5, 5.41) is 17.7. The Labute approximate surface area is 97.2 Å². The lowest BCUT2D eigenvalue weighted by molar-refractivity contribution is 0.0570. The van der Waals surface area contributed by atoms with Crippen molar-refractivity contribution < 1.29 is 9.84 Å². The number of aliphatic hydroxyl groups is 1. The van der Waals surface area contributed by atoms with Crippen LogP contribution in [0.1, 0.15) is 12.5 Å². The predicted octanol–water partition coefficient (Wildman–Crippen LogP) is -0.269.